The monoisotopic (exact) mass is 511 g/mol. The quantitative estimate of drug-likeness (QED) is 0.0587. The highest BCUT2D eigenvalue weighted by atomic mass is 127. The molecule has 0 aliphatic rings. The maximum Gasteiger partial charge on any atom is 0.109 e. The van der Waals surface area contributed by atoms with Gasteiger partial charge in [0.1, 0.15) is 4.17 Å². The molecule has 0 aromatic heterocycles. The second-order valence-corrected chi connectivity index (χ2v) is 15.2. The number of unbranched alkanes of at least 4 members (excludes halogenated alkanes) is 15. The Kier molecular flexibility index (Phi) is 22.8. The molecule has 0 aliphatic heterocycles. The fourth-order valence-electron chi connectivity index (χ4n) is 4.20. The van der Waals surface area contributed by atoms with Gasteiger partial charge in [0.2, 0.25) is 0 Å². The Hall–Kier alpha value is 1.16. The summed E-state index contributed by atoms with van der Waals surface area (Å²) >= 11 is 2.77. The van der Waals surface area contributed by atoms with Crippen LogP contribution in [-0.4, -0.2) is 22.7 Å². The Labute approximate surface area is 188 Å². The molecule has 0 aromatic carbocycles. The summed E-state index contributed by atoms with van der Waals surface area (Å²) in [5, 5.41) is 0. The Morgan fingerprint density at radius 3 is 0.926 bits per heavy atom. The first-order valence-corrected chi connectivity index (χ1v) is 16.7. The van der Waals surface area contributed by atoms with Gasteiger partial charge in [-0.15, -0.1) is 0 Å². The second-order valence-electron chi connectivity index (χ2n) is 8.94. The number of hydrogen-bond donors (Lipinski definition) is 0. The molecular weight excluding hydrogens is 458 g/mol. The fourth-order valence-corrected chi connectivity index (χ4v) is 11.0. The van der Waals surface area contributed by atoms with Gasteiger partial charge in [0.05, 0.1) is 18.5 Å². The van der Waals surface area contributed by atoms with E-state index in [1.165, 1.54) is 120 Å². The van der Waals surface area contributed by atoms with Crippen molar-refractivity contribution in [2.75, 3.05) is 22.7 Å². The molecule has 0 saturated heterocycles. The Balaban J connectivity index is 4.23. The van der Waals surface area contributed by atoms with Crippen LogP contribution in [0, 0.1) is 0 Å². The summed E-state index contributed by atoms with van der Waals surface area (Å²) in [6.45, 7) is 6.98. The summed E-state index contributed by atoms with van der Waals surface area (Å²) in [5.41, 5.74) is 0. The third-order valence-corrected chi connectivity index (χ3v) is 14.9. The fraction of sp³-hybridized carbons (Fsp3) is 1.00. The molecule has 0 radical (unpaired) electrons. The summed E-state index contributed by atoms with van der Waals surface area (Å²) in [5.74, 6) is 0. The third-order valence-electron chi connectivity index (χ3n) is 6.21. The first-order chi connectivity index (χ1) is 13.2. The van der Waals surface area contributed by atoms with Gasteiger partial charge in [-0.3, -0.25) is 0 Å². The van der Waals surface area contributed by atoms with Crippen molar-refractivity contribution in [1.82, 2.24) is 0 Å². The van der Waals surface area contributed by atoms with Gasteiger partial charge in [-0.2, -0.15) is 0 Å². The normalized spacial score (nSPS) is 12.0. The number of rotatable bonds is 22. The van der Waals surface area contributed by atoms with E-state index in [-0.39, 0.29) is 0 Å². The van der Waals surface area contributed by atoms with Crippen molar-refractivity contribution >= 4 is 29.9 Å². The summed E-state index contributed by atoms with van der Waals surface area (Å²) < 4.78 is 1.50. The van der Waals surface area contributed by atoms with E-state index in [1.54, 1.807) is 18.5 Å². The molecule has 27 heavy (non-hydrogen) atoms. The van der Waals surface area contributed by atoms with Crippen LogP contribution in [0.15, 0.2) is 0 Å². The summed E-state index contributed by atoms with van der Waals surface area (Å²) in [7, 11) is -0.657. The minimum absolute atomic E-state index is 0.657. The van der Waals surface area contributed by atoms with Crippen molar-refractivity contribution in [2.45, 2.75) is 136 Å². The molecule has 0 heterocycles. The third kappa shape index (κ3) is 17.7. The zero-order valence-electron chi connectivity index (χ0n) is 19.4. The summed E-state index contributed by atoms with van der Waals surface area (Å²) in [6.07, 6.45) is 31.3. The average molecular weight is 512 g/mol. The van der Waals surface area contributed by atoms with Crippen LogP contribution in [0.5, 0.6) is 0 Å². The van der Waals surface area contributed by atoms with E-state index in [9.17, 15) is 0 Å². The van der Waals surface area contributed by atoms with Crippen molar-refractivity contribution in [3.05, 3.63) is 0 Å². The molecule has 0 rings (SSSR count). The van der Waals surface area contributed by atoms with E-state index in [0.717, 1.165) is 0 Å². The standard InChI is InChI=1S/C25H53IP/c1-4-7-10-13-16-19-22-27(25-26,23-20-17-14-11-8-5-2)24-21-18-15-12-9-6-3/h4-25H2,1-3H3/q+1. The molecule has 0 spiro atoms. The van der Waals surface area contributed by atoms with E-state index >= 15 is 0 Å². The molecule has 0 aromatic rings. The SMILES string of the molecule is CCCCCCCC[P+](CI)(CCCCCCCC)CCCCCCCC. The average Bonchev–Trinajstić information content (AvgIpc) is 2.69. The highest BCUT2D eigenvalue weighted by Gasteiger charge is 2.34. The van der Waals surface area contributed by atoms with Crippen molar-refractivity contribution < 1.29 is 0 Å². The highest BCUT2D eigenvalue weighted by Crippen LogP contribution is 2.62. The molecule has 0 saturated carbocycles. The van der Waals surface area contributed by atoms with E-state index < -0.39 is 7.26 Å². The number of halogens is 1. The molecule has 0 N–H and O–H groups in total. The zero-order valence-corrected chi connectivity index (χ0v) is 22.4. The van der Waals surface area contributed by atoms with Crippen LogP contribution in [0.2, 0.25) is 0 Å². The lowest BCUT2D eigenvalue weighted by molar-refractivity contribution is 0.616. The van der Waals surface area contributed by atoms with Gasteiger partial charge >= 0.3 is 0 Å². The Morgan fingerprint density at radius 2 is 0.667 bits per heavy atom. The number of alkyl halides is 1. The van der Waals surface area contributed by atoms with E-state index in [2.05, 4.69) is 43.4 Å². The van der Waals surface area contributed by atoms with E-state index in [0.29, 0.717) is 0 Å². The molecule has 0 nitrogen and oxygen atoms in total. The van der Waals surface area contributed by atoms with Crippen LogP contribution in [0.4, 0.5) is 0 Å². The lowest BCUT2D eigenvalue weighted by atomic mass is 10.1. The van der Waals surface area contributed by atoms with Crippen molar-refractivity contribution in [1.29, 1.82) is 0 Å². The van der Waals surface area contributed by atoms with Crippen molar-refractivity contribution in [3.63, 3.8) is 0 Å². The topological polar surface area (TPSA) is 0 Å². The van der Waals surface area contributed by atoms with Gasteiger partial charge in [0, 0.05) is 7.26 Å². The second kappa shape index (κ2) is 21.9. The van der Waals surface area contributed by atoms with Crippen LogP contribution in [0.1, 0.15) is 136 Å². The van der Waals surface area contributed by atoms with Gasteiger partial charge in [-0.1, -0.05) is 97.8 Å². The van der Waals surface area contributed by atoms with E-state index in [1.807, 2.05) is 0 Å². The zero-order chi connectivity index (χ0) is 20.1. The van der Waals surface area contributed by atoms with E-state index in [4.69, 9.17) is 0 Å². The highest BCUT2D eigenvalue weighted by molar-refractivity contribution is 14.1. The van der Waals surface area contributed by atoms with Gasteiger partial charge in [0.15, 0.2) is 0 Å². The van der Waals surface area contributed by atoms with Gasteiger partial charge in [-0.25, -0.2) is 0 Å². The minimum atomic E-state index is -0.657. The van der Waals surface area contributed by atoms with Crippen molar-refractivity contribution in [2.24, 2.45) is 0 Å². The molecule has 0 unspecified atom stereocenters. The van der Waals surface area contributed by atoms with Gasteiger partial charge < -0.3 is 0 Å². The van der Waals surface area contributed by atoms with Crippen molar-refractivity contribution in [3.8, 4) is 0 Å². The molecule has 0 bridgehead atoms. The van der Waals surface area contributed by atoms with Gasteiger partial charge in [0.25, 0.3) is 0 Å². The predicted molar refractivity (Wildman–Crippen MR) is 141 cm³/mol. The lowest BCUT2D eigenvalue weighted by Crippen LogP contribution is -2.10. The summed E-state index contributed by atoms with van der Waals surface area (Å²) in [4.78, 5) is 0. The summed E-state index contributed by atoms with van der Waals surface area (Å²) in [6, 6.07) is 0. The minimum Gasteiger partial charge on any atom is -0.0654 e. The first-order valence-electron chi connectivity index (χ1n) is 12.7. The number of hydrogen-bond acceptors (Lipinski definition) is 0. The Morgan fingerprint density at radius 1 is 0.407 bits per heavy atom. The molecule has 164 valence electrons. The van der Waals surface area contributed by atoms with Crippen LogP contribution in [-0.2, 0) is 0 Å². The Bertz CT molecular complexity index is 239. The smallest absolute Gasteiger partial charge is 0.0654 e. The molecule has 2 heteroatoms. The largest absolute Gasteiger partial charge is 0.109 e. The molecule has 0 atom stereocenters. The van der Waals surface area contributed by atoms with Crippen LogP contribution in [0.25, 0.3) is 0 Å². The van der Waals surface area contributed by atoms with Gasteiger partial charge in [-0.05, 0) is 61.1 Å². The van der Waals surface area contributed by atoms with Crippen LogP contribution in [0.3, 0.4) is 0 Å². The molecular formula is C25H53IP+. The maximum atomic E-state index is 2.77. The molecule has 0 fully saturated rings. The lowest BCUT2D eigenvalue weighted by Gasteiger charge is -2.26. The van der Waals surface area contributed by atoms with Crippen LogP contribution >= 0.6 is 29.9 Å². The van der Waals surface area contributed by atoms with Crippen LogP contribution < -0.4 is 0 Å². The first kappa shape index (κ1) is 28.2. The maximum absolute atomic E-state index is 2.77. The predicted octanol–water partition coefficient (Wildman–Crippen LogP) is 10.5. The molecule has 0 aliphatic carbocycles. The molecule has 0 amide bonds.